The quantitative estimate of drug-likeness (QED) is 0.701. The van der Waals surface area contributed by atoms with E-state index in [0.29, 0.717) is 0 Å². The van der Waals surface area contributed by atoms with Crippen molar-refractivity contribution in [2.75, 3.05) is 24.5 Å². The second-order valence-electron chi connectivity index (χ2n) is 7.80. The average molecular weight is 430 g/mol. The van der Waals surface area contributed by atoms with Crippen LogP contribution in [0.1, 0.15) is 45.0 Å². The molecule has 2 atom stereocenters. The number of benzene rings is 2. The molecule has 3 rings (SSSR count). The molecule has 7 heteroatoms. The zero-order valence-electron chi connectivity index (χ0n) is 18.4. The highest BCUT2D eigenvalue weighted by atomic mass is 32.2. The van der Waals surface area contributed by atoms with Gasteiger partial charge in [0, 0.05) is 38.3 Å². The van der Waals surface area contributed by atoms with Gasteiger partial charge in [-0.1, -0.05) is 29.8 Å². The number of rotatable bonds is 6. The molecule has 0 aliphatic carbocycles. The van der Waals surface area contributed by atoms with Crippen molar-refractivity contribution in [3.8, 4) is 0 Å². The molecule has 6 nitrogen and oxygen atoms in total. The smallest absolute Gasteiger partial charge is 0.245 e. The first-order valence-electron chi connectivity index (χ1n) is 10.4. The molecule has 0 unspecified atom stereocenters. The summed E-state index contributed by atoms with van der Waals surface area (Å²) in [5, 5.41) is 0. The first kappa shape index (κ1) is 22.3. The highest BCUT2D eigenvalue weighted by molar-refractivity contribution is 7.89. The van der Waals surface area contributed by atoms with Crippen LogP contribution in [0.3, 0.4) is 0 Å². The Morgan fingerprint density at radius 2 is 1.60 bits per heavy atom. The van der Waals surface area contributed by atoms with Gasteiger partial charge in [-0.05, 0) is 57.5 Å². The highest BCUT2D eigenvalue weighted by Crippen LogP contribution is 2.38. The normalized spacial score (nSPS) is 19.8. The Morgan fingerprint density at radius 3 is 2.10 bits per heavy atom. The third-order valence-corrected chi connectivity index (χ3v) is 7.60. The number of aryl methyl sites for hydroxylation is 1. The van der Waals surface area contributed by atoms with E-state index < -0.39 is 16.2 Å². The van der Waals surface area contributed by atoms with E-state index in [1.165, 1.54) is 11.2 Å². The van der Waals surface area contributed by atoms with Crippen LogP contribution in [0.4, 0.5) is 5.69 Å². The number of sulfonamides is 1. The van der Waals surface area contributed by atoms with E-state index in [0.717, 1.165) is 29.9 Å². The van der Waals surface area contributed by atoms with Crippen LogP contribution in [0.5, 0.6) is 0 Å². The van der Waals surface area contributed by atoms with Crippen molar-refractivity contribution in [2.45, 2.75) is 51.7 Å². The maximum Gasteiger partial charge on any atom is 0.245 e. The Morgan fingerprint density at radius 1 is 1.03 bits per heavy atom. The van der Waals surface area contributed by atoms with E-state index in [-0.39, 0.29) is 23.4 Å². The maximum atomic E-state index is 13.5. The lowest BCUT2D eigenvalue weighted by molar-refractivity contribution is -0.132. The van der Waals surface area contributed by atoms with Crippen molar-refractivity contribution in [1.29, 1.82) is 0 Å². The predicted molar refractivity (Wildman–Crippen MR) is 120 cm³/mol. The molecule has 0 N–H and O–H groups in total. The molecule has 0 radical (unpaired) electrons. The second kappa shape index (κ2) is 8.78. The van der Waals surface area contributed by atoms with Gasteiger partial charge in [0.05, 0.1) is 4.90 Å². The van der Waals surface area contributed by atoms with Crippen molar-refractivity contribution in [3.63, 3.8) is 0 Å². The number of amides is 1. The number of nitrogens with zero attached hydrogens (tertiary/aromatic N) is 3. The fourth-order valence-corrected chi connectivity index (χ4v) is 5.81. The van der Waals surface area contributed by atoms with Gasteiger partial charge in [0.15, 0.2) is 0 Å². The first-order valence-corrected chi connectivity index (χ1v) is 11.9. The van der Waals surface area contributed by atoms with Gasteiger partial charge in [-0.25, -0.2) is 8.42 Å². The predicted octanol–water partition coefficient (Wildman–Crippen LogP) is 3.78. The van der Waals surface area contributed by atoms with E-state index in [1.807, 2.05) is 38.1 Å². The fourth-order valence-electron chi connectivity index (χ4n) is 4.16. The zero-order chi connectivity index (χ0) is 22.1. The molecule has 30 heavy (non-hydrogen) atoms. The van der Waals surface area contributed by atoms with Gasteiger partial charge in [-0.15, -0.1) is 0 Å². The second-order valence-corrected chi connectivity index (χ2v) is 9.69. The van der Waals surface area contributed by atoms with Crippen LogP contribution in [0, 0.1) is 6.92 Å². The summed E-state index contributed by atoms with van der Waals surface area (Å²) in [6.45, 7) is 11.6. The van der Waals surface area contributed by atoms with Crippen LogP contribution in [0.2, 0.25) is 0 Å². The summed E-state index contributed by atoms with van der Waals surface area (Å²) in [7, 11) is -3.76. The van der Waals surface area contributed by atoms with E-state index in [1.54, 1.807) is 29.2 Å². The maximum absolute atomic E-state index is 13.5. The monoisotopic (exact) mass is 429 g/mol. The minimum atomic E-state index is -3.76. The summed E-state index contributed by atoms with van der Waals surface area (Å²) in [5.41, 5.74) is 2.87. The van der Waals surface area contributed by atoms with Crippen molar-refractivity contribution < 1.29 is 13.2 Å². The van der Waals surface area contributed by atoms with Crippen molar-refractivity contribution in [2.24, 2.45) is 0 Å². The van der Waals surface area contributed by atoms with Crippen LogP contribution in [-0.4, -0.2) is 49.2 Å². The van der Waals surface area contributed by atoms with Crippen molar-refractivity contribution in [3.05, 3.63) is 59.7 Å². The lowest BCUT2D eigenvalue weighted by Gasteiger charge is -2.31. The summed E-state index contributed by atoms with van der Waals surface area (Å²) < 4.78 is 28.4. The Bertz CT molecular complexity index is 983. The van der Waals surface area contributed by atoms with E-state index >= 15 is 0 Å². The molecule has 2 aromatic rings. The molecule has 0 bridgehead atoms. The molecule has 0 aromatic heterocycles. The summed E-state index contributed by atoms with van der Waals surface area (Å²) >= 11 is 0. The summed E-state index contributed by atoms with van der Waals surface area (Å²) in [5.74, 6) is -0.137. The summed E-state index contributed by atoms with van der Waals surface area (Å²) in [4.78, 5) is 16.6. The van der Waals surface area contributed by atoms with Gasteiger partial charge in [0.2, 0.25) is 15.9 Å². The number of carbonyl (C=O) groups is 1. The van der Waals surface area contributed by atoms with Crippen molar-refractivity contribution >= 4 is 21.6 Å². The van der Waals surface area contributed by atoms with E-state index in [4.69, 9.17) is 0 Å². The highest BCUT2D eigenvalue weighted by Gasteiger charge is 2.46. The van der Waals surface area contributed by atoms with Crippen LogP contribution in [0.25, 0.3) is 0 Å². The molecule has 1 aliphatic rings. The number of carbonyl (C=O) groups excluding carboxylic acids is 1. The van der Waals surface area contributed by atoms with Crippen LogP contribution >= 0.6 is 0 Å². The van der Waals surface area contributed by atoms with Gasteiger partial charge in [0.1, 0.15) is 6.17 Å². The molecule has 1 saturated heterocycles. The van der Waals surface area contributed by atoms with Gasteiger partial charge in [-0.2, -0.15) is 4.31 Å². The third-order valence-electron chi connectivity index (χ3n) is 5.77. The summed E-state index contributed by atoms with van der Waals surface area (Å²) in [6, 6.07) is 14.5. The number of anilines is 1. The molecule has 1 amide bonds. The Labute approximate surface area is 180 Å². The average Bonchev–Trinajstić information content (AvgIpc) is 3.08. The summed E-state index contributed by atoms with van der Waals surface area (Å²) in [6.07, 6.45) is -0.658. The molecular weight excluding hydrogens is 398 g/mol. The Hall–Kier alpha value is -2.38. The molecule has 1 fully saturated rings. The molecule has 0 saturated carbocycles. The minimum absolute atomic E-state index is 0.137. The number of hydrogen-bond donors (Lipinski definition) is 0. The number of hydrogen-bond acceptors (Lipinski definition) is 4. The van der Waals surface area contributed by atoms with Crippen LogP contribution < -0.4 is 4.90 Å². The molecule has 2 aromatic carbocycles. The Kier molecular flexibility index (Phi) is 6.53. The van der Waals surface area contributed by atoms with Crippen LogP contribution in [0.15, 0.2) is 53.4 Å². The molecule has 162 valence electrons. The van der Waals surface area contributed by atoms with Crippen LogP contribution in [-0.2, 0) is 14.8 Å². The SMILES string of the molecule is CCN(CC)c1ccc([C@@H]2N(C(C)=O)[C@@H](C)CN2S(=O)(=O)c2ccc(C)cc2)cc1. The first-order chi connectivity index (χ1) is 14.2. The van der Waals surface area contributed by atoms with Crippen molar-refractivity contribution in [1.82, 2.24) is 9.21 Å². The molecule has 1 heterocycles. The van der Waals surface area contributed by atoms with E-state index in [9.17, 15) is 13.2 Å². The van der Waals surface area contributed by atoms with Gasteiger partial charge in [-0.3, -0.25) is 4.79 Å². The van der Waals surface area contributed by atoms with E-state index in [2.05, 4.69) is 18.7 Å². The Balaban J connectivity index is 2.05. The topological polar surface area (TPSA) is 60.9 Å². The zero-order valence-corrected chi connectivity index (χ0v) is 19.2. The molecular formula is C23H31N3O3S. The lowest BCUT2D eigenvalue weighted by Crippen LogP contribution is -2.38. The third kappa shape index (κ3) is 4.09. The molecule has 0 spiro atoms. The van der Waals surface area contributed by atoms with Gasteiger partial charge < -0.3 is 9.80 Å². The fraction of sp³-hybridized carbons (Fsp3) is 0.435. The van der Waals surface area contributed by atoms with Gasteiger partial charge in [0.25, 0.3) is 0 Å². The lowest BCUT2D eigenvalue weighted by atomic mass is 10.1. The molecule has 1 aliphatic heterocycles. The standard InChI is InChI=1S/C23H31N3O3S/c1-6-24(7-2)21-12-10-20(11-13-21)23-25(16-18(4)26(23)19(5)27)30(28,29)22-14-8-17(3)9-15-22/h8-15,18,23H,6-7,16H2,1-5H3/t18-,23-/m0/s1. The largest absolute Gasteiger partial charge is 0.372 e. The van der Waals surface area contributed by atoms with Gasteiger partial charge >= 0.3 is 0 Å². The minimum Gasteiger partial charge on any atom is -0.372 e.